The van der Waals surface area contributed by atoms with Gasteiger partial charge in [0.1, 0.15) is 5.69 Å². The number of amides is 1. The van der Waals surface area contributed by atoms with Crippen molar-refractivity contribution in [2.24, 2.45) is 7.05 Å². The maximum atomic E-state index is 12.8. The Morgan fingerprint density at radius 1 is 1.03 bits per heavy atom. The van der Waals surface area contributed by atoms with Crippen LogP contribution in [-0.2, 0) is 11.8 Å². The van der Waals surface area contributed by atoms with Crippen LogP contribution in [0.1, 0.15) is 10.5 Å². The van der Waals surface area contributed by atoms with Gasteiger partial charge in [0.25, 0.3) is 5.91 Å². The van der Waals surface area contributed by atoms with E-state index >= 15 is 0 Å². The molecular weight excluding hydrogens is 378 g/mol. The van der Waals surface area contributed by atoms with Crippen molar-refractivity contribution >= 4 is 16.8 Å². The minimum atomic E-state index is -0.0709. The van der Waals surface area contributed by atoms with Gasteiger partial charge in [-0.15, -0.1) is 0 Å². The molecule has 0 aliphatic carbocycles. The number of fused-ring (bicyclic) bond motifs is 1. The number of aromatic nitrogens is 4. The van der Waals surface area contributed by atoms with Crippen LogP contribution in [0, 0.1) is 0 Å². The molecule has 0 N–H and O–H groups in total. The van der Waals surface area contributed by atoms with E-state index in [2.05, 4.69) is 10.1 Å². The van der Waals surface area contributed by atoms with E-state index in [0.29, 0.717) is 18.8 Å². The van der Waals surface area contributed by atoms with Crippen molar-refractivity contribution in [3.63, 3.8) is 0 Å². The maximum Gasteiger partial charge on any atom is 0.272 e. The van der Waals surface area contributed by atoms with Crippen molar-refractivity contribution in [2.45, 2.75) is 6.10 Å². The van der Waals surface area contributed by atoms with Crippen LogP contribution in [0.3, 0.4) is 0 Å². The summed E-state index contributed by atoms with van der Waals surface area (Å²) < 4.78 is 7.05. The molecule has 1 aromatic carbocycles. The number of benzene rings is 1. The standard InChI is InChI=1S/C23H21N5O2/c1-27-10-9-20(26-27)16-5-3-15(4-6-16)19-12-24-11-17-7-8-21(25-22(17)19)23(29)28-13-18(14-28)30-2/h3-12,18H,13-14H2,1-2H3. The van der Waals surface area contributed by atoms with Crippen molar-refractivity contribution in [1.82, 2.24) is 24.6 Å². The largest absolute Gasteiger partial charge is 0.378 e. The summed E-state index contributed by atoms with van der Waals surface area (Å²) in [4.78, 5) is 23.6. The normalized spacial score (nSPS) is 14.1. The summed E-state index contributed by atoms with van der Waals surface area (Å²) >= 11 is 0. The van der Waals surface area contributed by atoms with Gasteiger partial charge < -0.3 is 9.64 Å². The van der Waals surface area contributed by atoms with E-state index in [1.165, 1.54) is 0 Å². The van der Waals surface area contributed by atoms with Gasteiger partial charge in [0.15, 0.2) is 0 Å². The van der Waals surface area contributed by atoms with Gasteiger partial charge in [0.2, 0.25) is 0 Å². The second-order valence-electron chi connectivity index (χ2n) is 7.48. The van der Waals surface area contributed by atoms with Crippen LogP contribution in [0.15, 0.2) is 61.1 Å². The minimum Gasteiger partial charge on any atom is -0.378 e. The highest BCUT2D eigenvalue weighted by Gasteiger charge is 2.31. The SMILES string of the molecule is COC1CN(C(=O)c2ccc3cncc(-c4ccc(-c5ccn(C)n5)cc4)c3n2)C1. The molecule has 1 aliphatic rings. The lowest BCUT2D eigenvalue weighted by Gasteiger charge is -2.37. The molecule has 30 heavy (non-hydrogen) atoms. The summed E-state index contributed by atoms with van der Waals surface area (Å²) in [6, 6.07) is 13.8. The number of rotatable bonds is 4. The van der Waals surface area contributed by atoms with Crippen LogP contribution in [-0.4, -0.2) is 56.9 Å². The lowest BCUT2D eigenvalue weighted by molar-refractivity contribution is -0.0194. The number of pyridine rings is 2. The van der Waals surface area contributed by atoms with Crippen LogP contribution in [0.2, 0.25) is 0 Å². The summed E-state index contributed by atoms with van der Waals surface area (Å²) in [6.07, 6.45) is 5.61. The smallest absolute Gasteiger partial charge is 0.272 e. The Kier molecular flexibility index (Phi) is 4.52. The fourth-order valence-corrected chi connectivity index (χ4v) is 3.68. The summed E-state index contributed by atoms with van der Waals surface area (Å²) in [5.74, 6) is -0.0709. The predicted octanol–water partition coefficient (Wildman–Crippen LogP) is 3.17. The topological polar surface area (TPSA) is 73.1 Å². The highest BCUT2D eigenvalue weighted by molar-refractivity contribution is 5.98. The van der Waals surface area contributed by atoms with Crippen LogP contribution in [0.25, 0.3) is 33.3 Å². The van der Waals surface area contributed by atoms with Gasteiger partial charge in [-0.05, 0) is 23.8 Å². The van der Waals surface area contributed by atoms with E-state index in [0.717, 1.165) is 33.3 Å². The molecule has 0 unspecified atom stereocenters. The highest BCUT2D eigenvalue weighted by atomic mass is 16.5. The average molecular weight is 399 g/mol. The Bertz CT molecular complexity index is 1230. The number of aryl methyl sites for hydroxylation is 1. The Morgan fingerprint density at radius 2 is 1.80 bits per heavy atom. The summed E-state index contributed by atoms with van der Waals surface area (Å²) in [6.45, 7) is 1.21. The molecule has 0 radical (unpaired) electrons. The summed E-state index contributed by atoms with van der Waals surface area (Å²) in [7, 11) is 3.57. The highest BCUT2D eigenvalue weighted by Crippen LogP contribution is 2.29. The summed E-state index contributed by atoms with van der Waals surface area (Å²) in [5.41, 5.74) is 5.07. The Balaban J connectivity index is 1.49. The van der Waals surface area contributed by atoms with E-state index in [9.17, 15) is 4.79 Å². The second-order valence-corrected chi connectivity index (χ2v) is 7.48. The Hall–Kier alpha value is -3.58. The van der Waals surface area contributed by atoms with Crippen LogP contribution in [0.4, 0.5) is 0 Å². The van der Waals surface area contributed by atoms with Gasteiger partial charge in [-0.2, -0.15) is 5.10 Å². The van der Waals surface area contributed by atoms with Crippen molar-refractivity contribution in [2.75, 3.05) is 20.2 Å². The molecule has 1 saturated heterocycles. The zero-order chi connectivity index (χ0) is 20.7. The number of hydrogen-bond acceptors (Lipinski definition) is 5. The van der Waals surface area contributed by atoms with Gasteiger partial charge in [0, 0.05) is 62.4 Å². The van der Waals surface area contributed by atoms with Crippen LogP contribution >= 0.6 is 0 Å². The Morgan fingerprint density at radius 3 is 2.50 bits per heavy atom. The van der Waals surface area contributed by atoms with E-state index in [-0.39, 0.29) is 12.0 Å². The van der Waals surface area contributed by atoms with E-state index < -0.39 is 0 Å². The zero-order valence-electron chi connectivity index (χ0n) is 16.8. The molecule has 7 heteroatoms. The zero-order valence-corrected chi connectivity index (χ0v) is 16.8. The fraction of sp³-hybridized carbons (Fsp3) is 0.217. The van der Waals surface area contributed by atoms with E-state index in [1.54, 1.807) is 35.2 Å². The molecule has 4 heterocycles. The van der Waals surface area contributed by atoms with Crippen molar-refractivity contribution in [3.05, 3.63) is 66.7 Å². The monoisotopic (exact) mass is 399 g/mol. The van der Waals surface area contributed by atoms with Gasteiger partial charge in [0.05, 0.1) is 17.3 Å². The molecule has 1 fully saturated rings. The molecule has 1 amide bonds. The van der Waals surface area contributed by atoms with Crippen molar-refractivity contribution in [3.8, 4) is 22.4 Å². The van der Waals surface area contributed by atoms with Crippen LogP contribution < -0.4 is 0 Å². The molecule has 1 aliphatic heterocycles. The van der Waals surface area contributed by atoms with E-state index in [4.69, 9.17) is 9.72 Å². The number of nitrogens with zero attached hydrogens (tertiary/aromatic N) is 5. The first-order valence-electron chi connectivity index (χ1n) is 9.79. The molecule has 0 saturated carbocycles. The third kappa shape index (κ3) is 3.23. The molecule has 0 bridgehead atoms. The quantitative estimate of drug-likeness (QED) is 0.527. The maximum absolute atomic E-state index is 12.8. The minimum absolute atomic E-state index is 0.0709. The average Bonchev–Trinajstić information content (AvgIpc) is 3.18. The predicted molar refractivity (Wildman–Crippen MR) is 114 cm³/mol. The number of carbonyl (C=O) groups is 1. The number of hydrogen-bond donors (Lipinski definition) is 0. The Labute approximate surface area is 173 Å². The molecule has 5 rings (SSSR count). The number of likely N-dealkylation sites (tertiary alicyclic amines) is 1. The molecule has 4 aromatic rings. The fourth-order valence-electron chi connectivity index (χ4n) is 3.68. The van der Waals surface area contributed by atoms with Crippen molar-refractivity contribution < 1.29 is 9.53 Å². The van der Waals surface area contributed by atoms with Gasteiger partial charge in [-0.1, -0.05) is 24.3 Å². The third-order valence-corrected chi connectivity index (χ3v) is 5.49. The first-order valence-corrected chi connectivity index (χ1v) is 9.79. The van der Waals surface area contributed by atoms with Gasteiger partial charge >= 0.3 is 0 Å². The molecule has 0 atom stereocenters. The van der Waals surface area contributed by atoms with Gasteiger partial charge in [-0.25, -0.2) is 4.98 Å². The first-order chi connectivity index (χ1) is 14.6. The number of methoxy groups -OCH3 is 1. The number of ether oxygens (including phenoxy) is 1. The summed E-state index contributed by atoms with van der Waals surface area (Å²) in [5, 5.41) is 5.35. The van der Waals surface area contributed by atoms with Crippen LogP contribution in [0.5, 0.6) is 0 Å². The number of carbonyl (C=O) groups excluding carboxylic acids is 1. The van der Waals surface area contributed by atoms with Crippen molar-refractivity contribution in [1.29, 1.82) is 0 Å². The first kappa shape index (κ1) is 18.4. The lowest BCUT2D eigenvalue weighted by Crippen LogP contribution is -2.54. The lowest BCUT2D eigenvalue weighted by atomic mass is 10.0. The molecule has 7 nitrogen and oxygen atoms in total. The molecule has 0 spiro atoms. The molecule has 150 valence electrons. The van der Waals surface area contributed by atoms with E-state index in [1.807, 2.05) is 49.6 Å². The molecule has 3 aromatic heterocycles. The second kappa shape index (κ2) is 7.35. The third-order valence-electron chi connectivity index (χ3n) is 5.49. The molecular formula is C23H21N5O2. The van der Waals surface area contributed by atoms with Gasteiger partial charge in [-0.3, -0.25) is 14.5 Å².